The summed E-state index contributed by atoms with van der Waals surface area (Å²) in [6.07, 6.45) is 0.177. The molecular weight excluding hydrogens is 164 g/mol. The summed E-state index contributed by atoms with van der Waals surface area (Å²) in [5, 5.41) is 0. The summed E-state index contributed by atoms with van der Waals surface area (Å²) >= 11 is 0. The third-order valence-electron chi connectivity index (χ3n) is 1.68. The van der Waals surface area contributed by atoms with Crippen LogP contribution in [0.3, 0.4) is 0 Å². The highest BCUT2D eigenvalue weighted by atomic mass is 16.5. The molecular formula is C11H16O2. The largest absolute Gasteiger partial charge is 0.493 e. The molecule has 0 heterocycles. The van der Waals surface area contributed by atoms with Gasteiger partial charge < -0.3 is 9.47 Å². The molecule has 0 radical (unpaired) electrons. The van der Waals surface area contributed by atoms with Crippen molar-refractivity contribution in [2.24, 2.45) is 0 Å². The third kappa shape index (κ3) is 2.65. The summed E-state index contributed by atoms with van der Waals surface area (Å²) in [5.74, 6) is 1.61. The van der Waals surface area contributed by atoms with E-state index >= 15 is 0 Å². The normalized spacial score (nSPS) is 10.2. The molecule has 0 atom stereocenters. The van der Waals surface area contributed by atoms with Gasteiger partial charge in [-0.15, -0.1) is 0 Å². The third-order valence-corrected chi connectivity index (χ3v) is 1.68. The van der Waals surface area contributed by atoms with Crippen molar-refractivity contribution in [2.45, 2.75) is 26.9 Å². The van der Waals surface area contributed by atoms with Gasteiger partial charge in [0.15, 0.2) is 11.5 Å². The maximum atomic E-state index is 5.59. The average Bonchev–Trinajstić information content (AvgIpc) is 2.03. The van der Waals surface area contributed by atoms with Crippen LogP contribution in [-0.4, -0.2) is 13.2 Å². The molecule has 0 spiro atoms. The van der Waals surface area contributed by atoms with Gasteiger partial charge in [-0.2, -0.15) is 0 Å². The summed E-state index contributed by atoms with van der Waals surface area (Å²) in [4.78, 5) is 0. The molecule has 0 aliphatic carbocycles. The van der Waals surface area contributed by atoms with Crippen LogP contribution < -0.4 is 9.47 Å². The maximum Gasteiger partial charge on any atom is 0.161 e. The van der Waals surface area contributed by atoms with Crippen LogP contribution in [0.4, 0.5) is 0 Å². The van der Waals surface area contributed by atoms with E-state index < -0.39 is 0 Å². The van der Waals surface area contributed by atoms with Crippen LogP contribution in [0.2, 0.25) is 0 Å². The predicted molar refractivity (Wildman–Crippen MR) is 53.5 cm³/mol. The Morgan fingerprint density at radius 3 is 2.38 bits per heavy atom. The lowest BCUT2D eigenvalue weighted by Crippen LogP contribution is -2.06. The molecule has 0 amide bonds. The van der Waals surface area contributed by atoms with Gasteiger partial charge in [0.05, 0.1) is 13.2 Å². The monoisotopic (exact) mass is 180 g/mol. The molecule has 0 saturated heterocycles. The fourth-order valence-corrected chi connectivity index (χ4v) is 1.13. The van der Waals surface area contributed by atoms with Crippen molar-refractivity contribution < 1.29 is 9.47 Å². The van der Waals surface area contributed by atoms with Crippen LogP contribution in [0.25, 0.3) is 0 Å². The Balaban J connectivity index is 2.94. The molecule has 0 bridgehead atoms. The van der Waals surface area contributed by atoms with E-state index in [0.29, 0.717) is 0 Å². The summed E-state index contributed by atoms with van der Waals surface area (Å²) in [6, 6.07) is 5.91. The average molecular weight is 180 g/mol. The molecule has 0 fully saturated rings. The quantitative estimate of drug-likeness (QED) is 0.712. The molecule has 2 nitrogen and oxygen atoms in total. The number of rotatable bonds is 3. The Bertz CT molecular complexity index is 279. The number of hydrogen-bond donors (Lipinski definition) is 0. The summed E-state index contributed by atoms with van der Waals surface area (Å²) < 4.78 is 10.8. The van der Waals surface area contributed by atoms with Gasteiger partial charge in [-0.1, -0.05) is 6.07 Å². The molecule has 0 aliphatic rings. The number of hydrogen-bond acceptors (Lipinski definition) is 2. The van der Waals surface area contributed by atoms with E-state index in [1.54, 1.807) is 7.11 Å². The molecule has 2 heteroatoms. The van der Waals surface area contributed by atoms with Crippen LogP contribution >= 0.6 is 0 Å². The molecule has 1 aromatic carbocycles. The molecule has 0 N–H and O–H groups in total. The minimum atomic E-state index is 0.177. The Kier molecular flexibility index (Phi) is 3.18. The van der Waals surface area contributed by atoms with Crippen molar-refractivity contribution in [2.75, 3.05) is 7.11 Å². The van der Waals surface area contributed by atoms with Gasteiger partial charge in [0.25, 0.3) is 0 Å². The molecule has 0 unspecified atom stereocenters. The second-order valence-corrected chi connectivity index (χ2v) is 3.32. The molecule has 72 valence electrons. The van der Waals surface area contributed by atoms with E-state index in [1.165, 1.54) is 5.56 Å². The van der Waals surface area contributed by atoms with Gasteiger partial charge in [0, 0.05) is 0 Å². The molecule has 1 aromatic rings. The number of benzene rings is 1. The van der Waals surface area contributed by atoms with Crippen molar-refractivity contribution >= 4 is 0 Å². The van der Waals surface area contributed by atoms with E-state index in [4.69, 9.17) is 9.47 Å². The lowest BCUT2D eigenvalue weighted by atomic mass is 10.2. The lowest BCUT2D eigenvalue weighted by Gasteiger charge is -2.13. The smallest absolute Gasteiger partial charge is 0.161 e. The Labute approximate surface area is 79.5 Å². The van der Waals surface area contributed by atoms with Gasteiger partial charge in [0.2, 0.25) is 0 Å². The van der Waals surface area contributed by atoms with Gasteiger partial charge in [-0.05, 0) is 38.5 Å². The first-order valence-electron chi connectivity index (χ1n) is 4.44. The van der Waals surface area contributed by atoms with Gasteiger partial charge in [-0.3, -0.25) is 0 Å². The van der Waals surface area contributed by atoms with Crippen LogP contribution in [0.15, 0.2) is 18.2 Å². The highest BCUT2D eigenvalue weighted by Gasteiger charge is 2.05. The van der Waals surface area contributed by atoms with Crippen molar-refractivity contribution in [3.8, 4) is 11.5 Å². The van der Waals surface area contributed by atoms with E-state index in [2.05, 4.69) is 0 Å². The zero-order valence-electron chi connectivity index (χ0n) is 8.63. The molecule has 0 aromatic heterocycles. The zero-order chi connectivity index (χ0) is 9.84. The van der Waals surface area contributed by atoms with E-state index in [1.807, 2.05) is 39.0 Å². The van der Waals surface area contributed by atoms with Crippen LogP contribution in [0.5, 0.6) is 11.5 Å². The number of methoxy groups -OCH3 is 1. The van der Waals surface area contributed by atoms with Gasteiger partial charge >= 0.3 is 0 Å². The highest BCUT2D eigenvalue weighted by molar-refractivity contribution is 5.42. The SMILES string of the molecule is COc1ccc(C)cc1OC(C)C. The minimum Gasteiger partial charge on any atom is -0.493 e. The standard InChI is InChI=1S/C11H16O2/c1-8(2)13-11-7-9(3)5-6-10(11)12-4/h5-8H,1-4H3. The topological polar surface area (TPSA) is 18.5 Å². The second kappa shape index (κ2) is 4.17. The van der Waals surface area contributed by atoms with Crippen molar-refractivity contribution in [3.63, 3.8) is 0 Å². The zero-order valence-corrected chi connectivity index (χ0v) is 8.63. The van der Waals surface area contributed by atoms with E-state index in [-0.39, 0.29) is 6.10 Å². The van der Waals surface area contributed by atoms with E-state index in [9.17, 15) is 0 Å². The van der Waals surface area contributed by atoms with Crippen LogP contribution in [-0.2, 0) is 0 Å². The Morgan fingerprint density at radius 2 is 1.85 bits per heavy atom. The van der Waals surface area contributed by atoms with E-state index in [0.717, 1.165) is 11.5 Å². The lowest BCUT2D eigenvalue weighted by molar-refractivity contribution is 0.230. The van der Waals surface area contributed by atoms with Gasteiger partial charge in [0.1, 0.15) is 0 Å². The van der Waals surface area contributed by atoms with Crippen molar-refractivity contribution in [1.29, 1.82) is 0 Å². The first-order valence-corrected chi connectivity index (χ1v) is 4.44. The molecule has 13 heavy (non-hydrogen) atoms. The van der Waals surface area contributed by atoms with Gasteiger partial charge in [-0.25, -0.2) is 0 Å². The second-order valence-electron chi connectivity index (χ2n) is 3.32. The minimum absolute atomic E-state index is 0.177. The Morgan fingerprint density at radius 1 is 1.15 bits per heavy atom. The van der Waals surface area contributed by atoms with Crippen LogP contribution in [0.1, 0.15) is 19.4 Å². The Hall–Kier alpha value is -1.18. The summed E-state index contributed by atoms with van der Waals surface area (Å²) in [5.41, 5.74) is 1.18. The van der Waals surface area contributed by atoms with Crippen molar-refractivity contribution in [1.82, 2.24) is 0 Å². The van der Waals surface area contributed by atoms with Crippen LogP contribution in [0, 0.1) is 6.92 Å². The molecule has 0 aliphatic heterocycles. The summed E-state index contributed by atoms with van der Waals surface area (Å²) in [6.45, 7) is 6.04. The predicted octanol–water partition coefficient (Wildman–Crippen LogP) is 2.79. The molecule has 1 rings (SSSR count). The number of aryl methyl sites for hydroxylation is 1. The first kappa shape index (κ1) is 9.90. The fraction of sp³-hybridized carbons (Fsp3) is 0.455. The number of ether oxygens (including phenoxy) is 2. The highest BCUT2D eigenvalue weighted by Crippen LogP contribution is 2.28. The fourth-order valence-electron chi connectivity index (χ4n) is 1.13. The van der Waals surface area contributed by atoms with Crippen molar-refractivity contribution in [3.05, 3.63) is 23.8 Å². The first-order chi connectivity index (χ1) is 6.13. The maximum absolute atomic E-state index is 5.59. The summed E-state index contributed by atoms with van der Waals surface area (Å²) in [7, 11) is 1.65. The molecule has 0 saturated carbocycles.